The number of halogens is 1. The Labute approximate surface area is 81.5 Å². The highest BCUT2D eigenvalue weighted by atomic mass is 35.5. The molecule has 4 nitrogen and oxygen atoms in total. The highest BCUT2D eigenvalue weighted by Crippen LogP contribution is 2.14. The zero-order valence-corrected chi connectivity index (χ0v) is 8.43. The number of aryl methyl sites for hydroxylation is 1. The molecule has 1 rings (SSSR count). The standard InChI is InChI=1S/C8H12ClN3O/c1-3-10-6-5-11-12(4-2)8(13)7(6)9/h5,10H,3-4H2,1-2H3. The molecule has 0 radical (unpaired) electrons. The molecule has 0 atom stereocenters. The molecule has 1 aromatic heterocycles. The largest absolute Gasteiger partial charge is 0.383 e. The van der Waals surface area contributed by atoms with Gasteiger partial charge >= 0.3 is 0 Å². The number of anilines is 1. The first kappa shape index (κ1) is 10.1. The van der Waals surface area contributed by atoms with E-state index in [2.05, 4.69) is 10.4 Å². The molecule has 0 aliphatic rings. The van der Waals surface area contributed by atoms with Crippen LogP contribution < -0.4 is 10.9 Å². The number of rotatable bonds is 3. The minimum atomic E-state index is -0.248. The van der Waals surface area contributed by atoms with Gasteiger partial charge in [0, 0.05) is 13.1 Å². The van der Waals surface area contributed by atoms with Crippen molar-refractivity contribution in [2.24, 2.45) is 0 Å². The van der Waals surface area contributed by atoms with Gasteiger partial charge in [-0.25, -0.2) is 4.68 Å². The van der Waals surface area contributed by atoms with Gasteiger partial charge in [-0.15, -0.1) is 0 Å². The van der Waals surface area contributed by atoms with E-state index < -0.39 is 0 Å². The average molecular weight is 202 g/mol. The number of nitrogens with zero attached hydrogens (tertiary/aromatic N) is 2. The van der Waals surface area contributed by atoms with Crippen LogP contribution in [0.25, 0.3) is 0 Å². The summed E-state index contributed by atoms with van der Waals surface area (Å²) in [4.78, 5) is 11.4. The van der Waals surface area contributed by atoms with E-state index >= 15 is 0 Å². The van der Waals surface area contributed by atoms with Crippen LogP contribution in [0.1, 0.15) is 13.8 Å². The minimum absolute atomic E-state index is 0.207. The topological polar surface area (TPSA) is 46.9 Å². The molecule has 0 aliphatic heterocycles. The molecular formula is C8H12ClN3O. The third-order valence-electron chi connectivity index (χ3n) is 1.65. The summed E-state index contributed by atoms with van der Waals surface area (Å²) in [5.41, 5.74) is 0.349. The lowest BCUT2D eigenvalue weighted by Gasteiger charge is -2.06. The van der Waals surface area contributed by atoms with Crippen molar-refractivity contribution in [2.75, 3.05) is 11.9 Å². The number of hydrogen-bond donors (Lipinski definition) is 1. The fraction of sp³-hybridized carbons (Fsp3) is 0.500. The maximum Gasteiger partial charge on any atom is 0.287 e. The molecule has 1 heterocycles. The third-order valence-corrected chi connectivity index (χ3v) is 2.02. The van der Waals surface area contributed by atoms with E-state index in [4.69, 9.17) is 11.6 Å². The van der Waals surface area contributed by atoms with Gasteiger partial charge in [-0.3, -0.25) is 4.79 Å². The molecule has 0 aromatic carbocycles. The summed E-state index contributed by atoms with van der Waals surface area (Å²) < 4.78 is 1.32. The van der Waals surface area contributed by atoms with E-state index in [0.717, 1.165) is 6.54 Å². The summed E-state index contributed by atoms with van der Waals surface area (Å²) in [6, 6.07) is 0. The van der Waals surface area contributed by atoms with E-state index in [-0.39, 0.29) is 10.6 Å². The van der Waals surface area contributed by atoms with Crippen LogP contribution >= 0.6 is 11.6 Å². The quantitative estimate of drug-likeness (QED) is 0.803. The predicted molar refractivity (Wildman–Crippen MR) is 53.3 cm³/mol. The van der Waals surface area contributed by atoms with Gasteiger partial charge in [-0.1, -0.05) is 11.6 Å². The van der Waals surface area contributed by atoms with Gasteiger partial charge in [-0.2, -0.15) is 5.10 Å². The first-order valence-corrected chi connectivity index (χ1v) is 4.58. The molecule has 72 valence electrons. The molecule has 0 amide bonds. The Balaban J connectivity index is 3.15. The summed E-state index contributed by atoms with van der Waals surface area (Å²) >= 11 is 5.82. The van der Waals surface area contributed by atoms with Crippen LogP contribution in [0.3, 0.4) is 0 Å². The van der Waals surface area contributed by atoms with E-state index in [1.54, 1.807) is 6.20 Å². The van der Waals surface area contributed by atoms with E-state index in [9.17, 15) is 4.79 Å². The van der Waals surface area contributed by atoms with Crippen LogP contribution in [0.2, 0.25) is 5.02 Å². The van der Waals surface area contributed by atoms with E-state index in [1.165, 1.54) is 4.68 Å². The van der Waals surface area contributed by atoms with Gasteiger partial charge in [-0.05, 0) is 13.8 Å². The molecule has 13 heavy (non-hydrogen) atoms. The Morgan fingerprint density at radius 3 is 2.85 bits per heavy atom. The van der Waals surface area contributed by atoms with Gasteiger partial charge in [0.1, 0.15) is 5.02 Å². The lowest BCUT2D eigenvalue weighted by molar-refractivity contribution is 0.616. The fourth-order valence-corrected chi connectivity index (χ4v) is 1.22. The molecule has 1 N–H and O–H groups in total. The zero-order chi connectivity index (χ0) is 9.84. The second kappa shape index (κ2) is 4.28. The van der Waals surface area contributed by atoms with Crippen molar-refractivity contribution < 1.29 is 0 Å². The highest BCUT2D eigenvalue weighted by molar-refractivity contribution is 6.32. The maximum atomic E-state index is 11.4. The lowest BCUT2D eigenvalue weighted by Crippen LogP contribution is -2.23. The van der Waals surface area contributed by atoms with Crippen molar-refractivity contribution in [1.82, 2.24) is 9.78 Å². The van der Waals surface area contributed by atoms with E-state index in [1.807, 2.05) is 13.8 Å². The van der Waals surface area contributed by atoms with Crippen LogP contribution in [0.5, 0.6) is 0 Å². The zero-order valence-electron chi connectivity index (χ0n) is 7.67. The molecule has 0 bridgehead atoms. The van der Waals surface area contributed by atoms with Crippen molar-refractivity contribution in [3.05, 3.63) is 21.6 Å². The summed E-state index contributed by atoms with van der Waals surface area (Å²) in [5.74, 6) is 0. The van der Waals surface area contributed by atoms with Crippen LogP contribution in [-0.2, 0) is 6.54 Å². The van der Waals surface area contributed by atoms with Crippen molar-refractivity contribution >= 4 is 17.3 Å². The van der Waals surface area contributed by atoms with E-state index in [0.29, 0.717) is 12.2 Å². The molecule has 5 heteroatoms. The molecule has 0 aliphatic carbocycles. The Morgan fingerprint density at radius 1 is 1.62 bits per heavy atom. The third kappa shape index (κ3) is 2.01. The number of aromatic nitrogens is 2. The fourth-order valence-electron chi connectivity index (χ4n) is 1.00. The smallest absolute Gasteiger partial charge is 0.287 e. The molecule has 0 saturated heterocycles. The summed E-state index contributed by atoms with van der Waals surface area (Å²) in [6.45, 7) is 5.03. The average Bonchev–Trinajstić information content (AvgIpc) is 2.14. The van der Waals surface area contributed by atoms with Crippen molar-refractivity contribution in [2.45, 2.75) is 20.4 Å². The molecular weight excluding hydrogens is 190 g/mol. The molecule has 1 aromatic rings. The van der Waals surface area contributed by atoms with Crippen molar-refractivity contribution in [3.63, 3.8) is 0 Å². The number of nitrogens with one attached hydrogen (secondary N) is 1. The van der Waals surface area contributed by atoms with Crippen LogP contribution in [0.15, 0.2) is 11.0 Å². The lowest BCUT2D eigenvalue weighted by atomic mass is 10.4. The first-order chi connectivity index (χ1) is 6.20. The Hall–Kier alpha value is -1.03. The second-order valence-electron chi connectivity index (χ2n) is 2.52. The summed E-state index contributed by atoms with van der Waals surface area (Å²) in [6.07, 6.45) is 1.57. The maximum absolute atomic E-state index is 11.4. The van der Waals surface area contributed by atoms with Crippen LogP contribution in [0.4, 0.5) is 5.69 Å². The summed E-state index contributed by atoms with van der Waals surface area (Å²) in [5, 5.41) is 7.10. The van der Waals surface area contributed by atoms with Gasteiger partial charge in [0.25, 0.3) is 5.56 Å². The summed E-state index contributed by atoms with van der Waals surface area (Å²) in [7, 11) is 0. The minimum Gasteiger partial charge on any atom is -0.383 e. The Kier molecular flexibility index (Phi) is 3.31. The Bertz CT molecular complexity index is 348. The second-order valence-corrected chi connectivity index (χ2v) is 2.90. The highest BCUT2D eigenvalue weighted by Gasteiger charge is 2.06. The normalized spacial score (nSPS) is 10.1. The molecule has 0 spiro atoms. The van der Waals surface area contributed by atoms with Crippen LogP contribution in [-0.4, -0.2) is 16.3 Å². The van der Waals surface area contributed by atoms with Gasteiger partial charge in [0.15, 0.2) is 0 Å². The predicted octanol–water partition coefficient (Wildman–Crippen LogP) is 1.35. The molecule has 0 unspecified atom stereocenters. The van der Waals surface area contributed by atoms with Crippen molar-refractivity contribution in [3.8, 4) is 0 Å². The molecule has 0 fully saturated rings. The van der Waals surface area contributed by atoms with Gasteiger partial charge < -0.3 is 5.32 Å². The van der Waals surface area contributed by atoms with Crippen LogP contribution in [0, 0.1) is 0 Å². The number of hydrogen-bond acceptors (Lipinski definition) is 3. The van der Waals surface area contributed by atoms with Gasteiger partial charge in [0.05, 0.1) is 11.9 Å². The first-order valence-electron chi connectivity index (χ1n) is 4.20. The van der Waals surface area contributed by atoms with Gasteiger partial charge in [0.2, 0.25) is 0 Å². The molecule has 0 saturated carbocycles. The Morgan fingerprint density at radius 2 is 2.31 bits per heavy atom. The van der Waals surface area contributed by atoms with Crippen molar-refractivity contribution in [1.29, 1.82) is 0 Å². The SMILES string of the molecule is CCNc1cnn(CC)c(=O)c1Cl. The monoisotopic (exact) mass is 201 g/mol.